The Hall–Kier alpha value is -1.91. The van der Waals surface area contributed by atoms with Crippen LogP contribution in [0.1, 0.15) is 18.9 Å². The zero-order valence-corrected chi connectivity index (χ0v) is 11.8. The number of nitrogens with two attached hydrogens (primary N) is 1. The summed E-state index contributed by atoms with van der Waals surface area (Å²) >= 11 is 0. The Labute approximate surface area is 119 Å². The number of fused-ring (bicyclic) bond motifs is 1. The minimum atomic E-state index is -0.319. The van der Waals surface area contributed by atoms with E-state index in [2.05, 4.69) is 11.0 Å². The molecule has 2 N–H and O–H groups in total. The molecule has 1 unspecified atom stereocenters. The molecule has 1 aromatic rings. The van der Waals surface area contributed by atoms with Gasteiger partial charge in [-0.2, -0.15) is 0 Å². The van der Waals surface area contributed by atoms with Crippen molar-refractivity contribution in [3.8, 4) is 5.75 Å². The van der Waals surface area contributed by atoms with Crippen LogP contribution in [0.5, 0.6) is 5.75 Å². The van der Waals surface area contributed by atoms with Crippen molar-refractivity contribution in [2.24, 2.45) is 5.73 Å². The van der Waals surface area contributed by atoms with Gasteiger partial charge >= 0.3 is 6.03 Å². The van der Waals surface area contributed by atoms with Crippen molar-refractivity contribution < 1.29 is 9.53 Å². The number of carbonyl (C=O) groups is 1. The number of primary amides is 1. The lowest BCUT2D eigenvalue weighted by Crippen LogP contribution is -2.44. The third kappa shape index (κ3) is 2.17. The Bertz CT molecular complexity index is 518. The van der Waals surface area contributed by atoms with Gasteiger partial charge in [0, 0.05) is 37.3 Å². The third-order valence-electron chi connectivity index (χ3n) is 4.29. The van der Waals surface area contributed by atoms with Crippen molar-refractivity contribution >= 4 is 11.7 Å². The first kappa shape index (κ1) is 13.1. The van der Waals surface area contributed by atoms with Crippen molar-refractivity contribution in [2.75, 3.05) is 31.1 Å². The number of benzene rings is 1. The number of carbonyl (C=O) groups excluding carboxylic acids is 1. The second-order valence-corrected chi connectivity index (χ2v) is 5.37. The number of anilines is 1. The highest BCUT2D eigenvalue weighted by molar-refractivity contribution is 5.72. The van der Waals surface area contributed by atoms with Gasteiger partial charge in [-0.15, -0.1) is 0 Å². The predicted octanol–water partition coefficient (Wildman–Crippen LogP) is 1.60. The summed E-state index contributed by atoms with van der Waals surface area (Å²) in [5.41, 5.74) is 8.00. The molecule has 1 saturated heterocycles. The molecule has 20 heavy (non-hydrogen) atoms. The average Bonchev–Trinajstić information content (AvgIpc) is 3.07. The smallest absolute Gasteiger partial charge is 0.315 e. The van der Waals surface area contributed by atoms with Gasteiger partial charge in [0.2, 0.25) is 0 Å². The van der Waals surface area contributed by atoms with Crippen LogP contribution in [0.3, 0.4) is 0 Å². The summed E-state index contributed by atoms with van der Waals surface area (Å²) in [4.78, 5) is 15.6. The molecule has 1 atom stereocenters. The van der Waals surface area contributed by atoms with Gasteiger partial charge in [0.15, 0.2) is 0 Å². The molecule has 2 amide bonds. The maximum atomic E-state index is 11.5. The van der Waals surface area contributed by atoms with Crippen LogP contribution in [0.2, 0.25) is 0 Å². The highest BCUT2D eigenvalue weighted by Gasteiger charge is 2.31. The molecular formula is C15H21N3O2. The van der Waals surface area contributed by atoms with Crippen LogP contribution in [0.25, 0.3) is 0 Å². The fourth-order valence-electron chi connectivity index (χ4n) is 3.31. The molecule has 0 radical (unpaired) electrons. The summed E-state index contributed by atoms with van der Waals surface area (Å²) < 4.78 is 5.62. The first-order valence-corrected chi connectivity index (χ1v) is 7.26. The summed E-state index contributed by atoms with van der Waals surface area (Å²) in [5, 5.41) is 0. The van der Waals surface area contributed by atoms with Crippen molar-refractivity contribution in [2.45, 2.75) is 25.8 Å². The number of amides is 2. The molecule has 1 aromatic carbocycles. The maximum Gasteiger partial charge on any atom is 0.315 e. The van der Waals surface area contributed by atoms with E-state index in [9.17, 15) is 4.79 Å². The number of hydrogen-bond acceptors (Lipinski definition) is 3. The van der Waals surface area contributed by atoms with E-state index in [1.807, 2.05) is 19.1 Å². The fourth-order valence-corrected chi connectivity index (χ4v) is 3.31. The molecule has 0 spiro atoms. The molecule has 0 aliphatic carbocycles. The van der Waals surface area contributed by atoms with Gasteiger partial charge in [-0.25, -0.2) is 4.79 Å². The second-order valence-electron chi connectivity index (χ2n) is 5.37. The van der Waals surface area contributed by atoms with Gasteiger partial charge in [0.25, 0.3) is 0 Å². The van der Waals surface area contributed by atoms with E-state index in [0.29, 0.717) is 6.54 Å². The Kier molecular flexibility index (Phi) is 3.42. The molecular weight excluding hydrogens is 254 g/mol. The Balaban J connectivity index is 1.78. The lowest BCUT2D eigenvalue weighted by Gasteiger charge is -2.27. The van der Waals surface area contributed by atoms with Crippen LogP contribution in [-0.2, 0) is 6.42 Å². The summed E-state index contributed by atoms with van der Waals surface area (Å²) in [6.07, 6.45) is 1.95. The van der Waals surface area contributed by atoms with Crippen LogP contribution in [-0.4, -0.2) is 43.2 Å². The van der Waals surface area contributed by atoms with E-state index in [4.69, 9.17) is 10.5 Å². The van der Waals surface area contributed by atoms with E-state index >= 15 is 0 Å². The lowest BCUT2D eigenvalue weighted by molar-refractivity contribution is 0.192. The number of likely N-dealkylation sites (N-methyl/N-ethyl adjacent to an activating group) is 1. The maximum absolute atomic E-state index is 11.5. The molecule has 5 heteroatoms. The second kappa shape index (κ2) is 5.23. The van der Waals surface area contributed by atoms with Gasteiger partial charge in [0.05, 0.1) is 12.6 Å². The van der Waals surface area contributed by atoms with E-state index in [-0.39, 0.29) is 12.1 Å². The van der Waals surface area contributed by atoms with Crippen LogP contribution >= 0.6 is 0 Å². The molecule has 3 rings (SSSR count). The van der Waals surface area contributed by atoms with Crippen LogP contribution in [0, 0.1) is 0 Å². The number of rotatable bonds is 3. The minimum absolute atomic E-state index is 0.218. The monoisotopic (exact) mass is 275 g/mol. The molecule has 0 aromatic heterocycles. The predicted molar refractivity (Wildman–Crippen MR) is 78.2 cm³/mol. The zero-order chi connectivity index (χ0) is 14.1. The first-order chi connectivity index (χ1) is 9.70. The van der Waals surface area contributed by atoms with Crippen molar-refractivity contribution in [3.05, 3.63) is 23.8 Å². The molecule has 0 bridgehead atoms. The van der Waals surface area contributed by atoms with E-state index in [0.717, 1.165) is 38.3 Å². The number of hydrogen-bond donors (Lipinski definition) is 1. The Morgan fingerprint density at radius 2 is 2.40 bits per heavy atom. The normalized spacial score (nSPS) is 20.6. The van der Waals surface area contributed by atoms with Crippen molar-refractivity contribution in [3.63, 3.8) is 0 Å². The van der Waals surface area contributed by atoms with E-state index < -0.39 is 0 Å². The Morgan fingerprint density at radius 3 is 3.15 bits per heavy atom. The van der Waals surface area contributed by atoms with Gasteiger partial charge in [-0.05, 0) is 25.5 Å². The summed E-state index contributed by atoms with van der Waals surface area (Å²) in [5.74, 6) is 1.01. The lowest BCUT2D eigenvalue weighted by atomic mass is 10.1. The molecule has 2 aliphatic heterocycles. The standard InChI is InChI=1S/C15H21N3O2/c1-2-18(15(16)19)11-6-8-17(10-11)13-4-3-5-14-12(13)7-9-20-14/h3-5,11H,2,6-10H2,1H3,(H2,16,19). The van der Waals surface area contributed by atoms with Gasteiger partial charge in [0.1, 0.15) is 5.75 Å². The Morgan fingerprint density at radius 1 is 1.55 bits per heavy atom. The molecule has 5 nitrogen and oxygen atoms in total. The first-order valence-electron chi connectivity index (χ1n) is 7.26. The number of urea groups is 1. The highest BCUT2D eigenvalue weighted by atomic mass is 16.5. The topological polar surface area (TPSA) is 58.8 Å². The summed E-state index contributed by atoms with van der Waals surface area (Å²) in [6, 6.07) is 6.12. The van der Waals surface area contributed by atoms with Crippen LogP contribution in [0.15, 0.2) is 18.2 Å². The molecule has 2 aliphatic rings. The van der Waals surface area contributed by atoms with Gasteiger partial charge in [-0.3, -0.25) is 0 Å². The SMILES string of the molecule is CCN(C(N)=O)C1CCN(c2cccc3c2CCO3)C1. The third-order valence-corrected chi connectivity index (χ3v) is 4.29. The molecule has 1 fully saturated rings. The molecule has 2 heterocycles. The summed E-state index contributed by atoms with van der Waals surface area (Å²) in [6.45, 7) is 5.23. The summed E-state index contributed by atoms with van der Waals surface area (Å²) in [7, 11) is 0. The van der Waals surface area contributed by atoms with Crippen molar-refractivity contribution in [1.82, 2.24) is 4.90 Å². The van der Waals surface area contributed by atoms with E-state index in [1.165, 1.54) is 11.3 Å². The molecule has 0 saturated carbocycles. The molecule has 108 valence electrons. The number of nitrogens with zero attached hydrogens (tertiary/aromatic N) is 2. The zero-order valence-electron chi connectivity index (χ0n) is 11.8. The van der Waals surface area contributed by atoms with Crippen molar-refractivity contribution in [1.29, 1.82) is 0 Å². The van der Waals surface area contributed by atoms with Crippen LogP contribution in [0.4, 0.5) is 10.5 Å². The van der Waals surface area contributed by atoms with Gasteiger partial charge in [-0.1, -0.05) is 6.07 Å². The minimum Gasteiger partial charge on any atom is -0.493 e. The highest BCUT2D eigenvalue weighted by Crippen LogP contribution is 2.35. The van der Waals surface area contributed by atoms with Crippen LogP contribution < -0.4 is 15.4 Å². The van der Waals surface area contributed by atoms with Gasteiger partial charge < -0.3 is 20.3 Å². The largest absolute Gasteiger partial charge is 0.493 e. The number of ether oxygens (including phenoxy) is 1. The van der Waals surface area contributed by atoms with E-state index in [1.54, 1.807) is 4.90 Å². The quantitative estimate of drug-likeness (QED) is 0.911. The fraction of sp³-hybridized carbons (Fsp3) is 0.533. The average molecular weight is 275 g/mol.